The average Bonchev–Trinajstić information content (AvgIpc) is 3.03. The Morgan fingerprint density at radius 2 is 1.92 bits per heavy atom. The molecular formula is C17H18N2O4S. The van der Waals surface area contributed by atoms with Crippen LogP contribution in [0.4, 0.5) is 11.4 Å². The van der Waals surface area contributed by atoms with E-state index in [0.717, 1.165) is 25.1 Å². The van der Waals surface area contributed by atoms with E-state index < -0.39 is 10.0 Å². The summed E-state index contributed by atoms with van der Waals surface area (Å²) in [6.45, 7) is 1.09. The Balaban J connectivity index is 1.63. The molecule has 0 saturated heterocycles. The van der Waals surface area contributed by atoms with Crippen LogP contribution in [0, 0.1) is 0 Å². The molecule has 2 aliphatic rings. The first-order valence-corrected chi connectivity index (χ1v) is 9.28. The second kappa shape index (κ2) is 5.59. The molecule has 126 valence electrons. The molecule has 1 N–H and O–H groups in total. The van der Waals surface area contributed by atoms with Crippen molar-refractivity contribution in [1.82, 2.24) is 0 Å². The molecule has 0 amide bonds. The molecule has 0 atom stereocenters. The van der Waals surface area contributed by atoms with Crippen molar-refractivity contribution in [1.29, 1.82) is 0 Å². The number of hydrogen-bond acceptors (Lipinski definition) is 5. The van der Waals surface area contributed by atoms with Gasteiger partial charge in [0.25, 0.3) is 10.0 Å². The molecule has 24 heavy (non-hydrogen) atoms. The fourth-order valence-corrected chi connectivity index (χ4v) is 4.14. The Kier molecular flexibility index (Phi) is 3.53. The van der Waals surface area contributed by atoms with E-state index in [0.29, 0.717) is 17.2 Å². The number of fused-ring (bicyclic) bond motifs is 2. The van der Waals surface area contributed by atoms with Crippen molar-refractivity contribution in [3.63, 3.8) is 0 Å². The Labute approximate surface area is 141 Å². The minimum absolute atomic E-state index is 0.115. The molecule has 7 heteroatoms. The maximum absolute atomic E-state index is 12.6. The molecule has 2 heterocycles. The monoisotopic (exact) mass is 346 g/mol. The summed E-state index contributed by atoms with van der Waals surface area (Å²) < 4.78 is 38.4. The van der Waals surface area contributed by atoms with Crippen LogP contribution in [0.1, 0.15) is 12.0 Å². The van der Waals surface area contributed by atoms with E-state index in [1.54, 1.807) is 6.07 Å². The summed E-state index contributed by atoms with van der Waals surface area (Å²) in [6, 6.07) is 10.3. The lowest BCUT2D eigenvalue weighted by Gasteiger charge is -2.28. The van der Waals surface area contributed by atoms with Gasteiger partial charge in [-0.15, -0.1) is 0 Å². The summed E-state index contributed by atoms with van der Waals surface area (Å²) >= 11 is 0. The van der Waals surface area contributed by atoms with Gasteiger partial charge in [-0.2, -0.15) is 0 Å². The minimum Gasteiger partial charge on any atom is -0.454 e. The van der Waals surface area contributed by atoms with Crippen molar-refractivity contribution in [2.75, 3.05) is 30.0 Å². The quantitative estimate of drug-likeness (QED) is 0.925. The van der Waals surface area contributed by atoms with E-state index in [-0.39, 0.29) is 11.7 Å². The van der Waals surface area contributed by atoms with Crippen LogP contribution < -0.4 is 19.1 Å². The summed E-state index contributed by atoms with van der Waals surface area (Å²) in [6.07, 6.45) is 2.14. The van der Waals surface area contributed by atoms with Crippen molar-refractivity contribution in [3.8, 4) is 11.5 Å². The number of benzene rings is 2. The predicted molar refractivity (Wildman–Crippen MR) is 91.4 cm³/mol. The molecule has 2 aliphatic heterocycles. The topological polar surface area (TPSA) is 67.9 Å². The molecule has 0 bridgehead atoms. The predicted octanol–water partition coefficient (Wildman–Crippen LogP) is 2.60. The van der Waals surface area contributed by atoms with E-state index in [1.807, 2.05) is 25.2 Å². The summed E-state index contributed by atoms with van der Waals surface area (Å²) in [5.74, 6) is 1.01. The Morgan fingerprint density at radius 3 is 2.79 bits per heavy atom. The molecule has 0 fully saturated rings. The second-order valence-corrected chi connectivity index (χ2v) is 7.67. The Hall–Kier alpha value is -2.41. The van der Waals surface area contributed by atoms with E-state index in [9.17, 15) is 8.42 Å². The lowest BCUT2D eigenvalue weighted by molar-refractivity contribution is 0.174. The third kappa shape index (κ3) is 2.65. The average molecular weight is 346 g/mol. The SMILES string of the molecule is CN1CCCc2ccc(NS(=O)(=O)c3ccc4c(c3)OCO4)cc21. The molecular weight excluding hydrogens is 328 g/mol. The highest BCUT2D eigenvalue weighted by Gasteiger charge is 2.21. The number of sulfonamides is 1. The molecule has 0 aromatic heterocycles. The van der Waals surface area contributed by atoms with Gasteiger partial charge >= 0.3 is 0 Å². The number of hydrogen-bond donors (Lipinski definition) is 1. The smallest absolute Gasteiger partial charge is 0.262 e. The van der Waals surface area contributed by atoms with Gasteiger partial charge in [0.05, 0.1) is 10.6 Å². The molecule has 2 aromatic carbocycles. The second-order valence-electron chi connectivity index (χ2n) is 5.99. The van der Waals surface area contributed by atoms with Crippen LogP contribution >= 0.6 is 0 Å². The van der Waals surface area contributed by atoms with Gasteiger partial charge in [0.15, 0.2) is 11.5 Å². The lowest BCUT2D eigenvalue weighted by Crippen LogP contribution is -2.24. The normalized spacial score (nSPS) is 16.0. The molecule has 0 aliphatic carbocycles. The van der Waals surface area contributed by atoms with Crippen molar-refractivity contribution < 1.29 is 17.9 Å². The fourth-order valence-electron chi connectivity index (χ4n) is 3.08. The van der Waals surface area contributed by atoms with Crippen LogP contribution in [0.2, 0.25) is 0 Å². The zero-order valence-corrected chi connectivity index (χ0v) is 14.1. The van der Waals surface area contributed by atoms with Gasteiger partial charge < -0.3 is 14.4 Å². The molecule has 0 spiro atoms. The van der Waals surface area contributed by atoms with Crippen LogP contribution in [-0.2, 0) is 16.4 Å². The van der Waals surface area contributed by atoms with Crippen LogP contribution in [-0.4, -0.2) is 28.8 Å². The van der Waals surface area contributed by atoms with Gasteiger partial charge in [0.2, 0.25) is 6.79 Å². The number of rotatable bonds is 3. The number of nitrogens with one attached hydrogen (secondary N) is 1. The van der Waals surface area contributed by atoms with Crippen LogP contribution in [0.25, 0.3) is 0 Å². The lowest BCUT2D eigenvalue weighted by atomic mass is 10.0. The largest absolute Gasteiger partial charge is 0.454 e. The van der Waals surface area contributed by atoms with Crippen molar-refractivity contribution >= 4 is 21.4 Å². The van der Waals surface area contributed by atoms with Crippen molar-refractivity contribution in [2.45, 2.75) is 17.7 Å². The number of aryl methyl sites for hydroxylation is 1. The fraction of sp³-hybridized carbons (Fsp3) is 0.294. The Bertz CT molecular complexity index is 895. The van der Waals surface area contributed by atoms with Crippen molar-refractivity contribution in [3.05, 3.63) is 42.0 Å². The van der Waals surface area contributed by atoms with Gasteiger partial charge in [-0.05, 0) is 42.7 Å². The van der Waals surface area contributed by atoms with E-state index in [4.69, 9.17) is 9.47 Å². The summed E-state index contributed by atoms with van der Waals surface area (Å²) in [4.78, 5) is 2.30. The van der Waals surface area contributed by atoms with Gasteiger partial charge in [-0.3, -0.25) is 4.72 Å². The van der Waals surface area contributed by atoms with Crippen LogP contribution in [0.15, 0.2) is 41.3 Å². The highest BCUT2D eigenvalue weighted by molar-refractivity contribution is 7.92. The van der Waals surface area contributed by atoms with Crippen molar-refractivity contribution in [2.24, 2.45) is 0 Å². The van der Waals surface area contributed by atoms with Gasteiger partial charge in [-0.25, -0.2) is 8.42 Å². The minimum atomic E-state index is -3.68. The molecule has 2 aromatic rings. The number of anilines is 2. The molecule has 6 nitrogen and oxygen atoms in total. The maximum atomic E-state index is 12.6. The maximum Gasteiger partial charge on any atom is 0.262 e. The molecule has 0 unspecified atom stereocenters. The van der Waals surface area contributed by atoms with E-state index in [2.05, 4.69) is 9.62 Å². The van der Waals surface area contributed by atoms with Gasteiger partial charge in [0, 0.05) is 25.3 Å². The standard InChI is InChI=1S/C17H18N2O4S/c1-19-8-2-3-12-4-5-13(9-15(12)19)18-24(20,21)14-6-7-16-17(10-14)23-11-22-16/h4-7,9-10,18H,2-3,8,11H2,1H3. The first kappa shape index (κ1) is 15.1. The highest BCUT2D eigenvalue weighted by Crippen LogP contribution is 2.35. The number of nitrogens with zero attached hydrogens (tertiary/aromatic N) is 1. The zero-order chi connectivity index (χ0) is 16.7. The third-order valence-corrected chi connectivity index (χ3v) is 5.72. The molecule has 0 saturated carbocycles. The van der Waals surface area contributed by atoms with Crippen LogP contribution in [0.5, 0.6) is 11.5 Å². The summed E-state index contributed by atoms with van der Waals surface area (Å²) in [5.41, 5.74) is 2.88. The van der Waals surface area contributed by atoms with Crippen LogP contribution in [0.3, 0.4) is 0 Å². The van der Waals surface area contributed by atoms with Gasteiger partial charge in [-0.1, -0.05) is 6.07 Å². The van der Waals surface area contributed by atoms with Gasteiger partial charge in [0.1, 0.15) is 0 Å². The van der Waals surface area contributed by atoms with E-state index >= 15 is 0 Å². The zero-order valence-electron chi connectivity index (χ0n) is 13.3. The third-order valence-electron chi connectivity index (χ3n) is 4.34. The summed E-state index contributed by atoms with van der Waals surface area (Å²) in [7, 11) is -1.66. The highest BCUT2D eigenvalue weighted by atomic mass is 32.2. The first-order chi connectivity index (χ1) is 11.5. The first-order valence-electron chi connectivity index (χ1n) is 7.79. The Morgan fingerprint density at radius 1 is 1.08 bits per heavy atom. The molecule has 0 radical (unpaired) electrons. The molecule has 4 rings (SSSR count). The number of ether oxygens (including phenoxy) is 2. The summed E-state index contributed by atoms with van der Waals surface area (Å²) in [5, 5.41) is 0. The van der Waals surface area contributed by atoms with E-state index in [1.165, 1.54) is 17.7 Å².